The van der Waals surface area contributed by atoms with Crippen molar-refractivity contribution in [1.82, 2.24) is 15.5 Å². The molecule has 0 radical (unpaired) electrons. The zero-order valence-corrected chi connectivity index (χ0v) is 27.0. The Hall–Kier alpha value is -3.55. The van der Waals surface area contributed by atoms with Crippen LogP contribution in [0.15, 0.2) is 42.5 Å². The van der Waals surface area contributed by atoms with Gasteiger partial charge in [0, 0.05) is 18.5 Å². The summed E-state index contributed by atoms with van der Waals surface area (Å²) in [7, 11) is 0. The average molecular weight is 582 g/mol. The second-order valence-electron chi connectivity index (χ2n) is 13.2. The predicted octanol–water partition coefficient (Wildman–Crippen LogP) is 6.51. The molecule has 8 nitrogen and oxygen atoms in total. The number of carbonyl (C=O) groups is 3. The van der Waals surface area contributed by atoms with E-state index < -0.39 is 29.3 Å². The van der Waals surface area contributed by atoms with Gasteiger partial charge in [-0.1, -0.05) is 62.1 Å². The molecule has 42 heavy (non-hydrogen) atoms. The number of ether oxygens (including phenoxy) is 1. The van der Waals surface area contributed by atoms with E-state index in [0.717, 1.165) is 41.5 Å². The summed E-state index contributed by atoms with van der Waals surface area (Å²) in [6.07, 6.45) is 3.10. The molecule has 0 aromatic heterocycles. The van der Waals surface area contributed by atoms with Crippen molar-refractivity contribution in [3.8, 4) is 5.75 Å². The number of benzene rings is 2. The molecule has 3 N–H and O–H groups in total. The van der Waals surface area contributed by atoms with E-state index in [-0.39, 0.29) is 24.0 Å². The van der Waals surface area contributed by atoms with Gasteiger partial charge < -0.3 is 25.4 Å². The van der Waals surface area contributed by atoms with Gasteiger partial charge in [-0.05, 0) is 90.6 Å². The number of aromatic hydroxyl groups is 1. The van der Waals surface area contributed by atoms with Gasteiger partial charge in [0.2, 0.25) is 11.8 Å². The number of rotatable bonds is 12. The fourth-order valence-electron chi connectivity index (χ4n) is 4.81. The summed E-state index contributed by atoms with van der Waals surface area (Å²) in [5.41, 5.74) is 2.17. The first-order valence-corrected chi connectivity index (χ1v) is 15.0. The summed E-state index contributed by atoms with van der Waals surface area (Å²) in [5.74, 6) is -0.550. The van der Waals surface area contributed by atoms with E-state index in [9.17, 15) is 19.5 Å². The fraction of sp³-hybridized carbons (Fsp3) is 0.559. The summed E-state index contributed by atoms with van der Waals surface area (Å²) in [5, 5.41) is 15.7. The van der Waals surface area contributed by atoms with Crippen LogP contribution in [0.3, 0.4) is 0 Å². The molecule has 2 atom stereocenters. The molecule has 0 spiro atoms. The Bertz CT molecular complexity index is 1200. The second kappa shape index (κ2) is 15.1. The Kier molecular flexibility index (Phi) is 12.4. The highest BCUT2D eigenvalue weighted by atomic mass is 16.6. The smallest absolute Gasteiger partial charge is 0.408 e. The first-order valence-electron chi connectivity index (χ1n) is 15.0. The van der Waals surface area contributed by atoms with Crippen molar-refractivity contribution in [1.29, 1.82) is 0 Å². The van der Waals surface area contributed by atoms with Crippen LogP contribution in [0.4, 0.5) is 4.79 Å². The SMILES string of the molecule is CCCCCCN(C(=O)C(Cc1ccc(O)cc1)NC(=O)OC(C)(C)C)C(C(=O)NC(C)(C)C)c1ccc(C)cc1C. The van der Waals surface area contributed by atoms with Crippen LogP contribution in [0.5, 0.6) is 5.75 Å². The van der Waals surface area contributed by atoms with E-state index in [2.05, 4.69) is 17.6 Å². The van der Waals surface area contributed by atoms with E-state index in [1.807, 2.05) is 52.8 Å². The minimum absolute atomic E-state index is 0.105. The third-order valence-electron chi connectivity index (χ3n) is 6.68. The third-order valence-corrected chi connectivity index (χ3v) is 6.68. The maximum Gasteiger partial charge on any atom is 0.408 e. The number of nitrogens with zero attached hydrogens (tertiary/aromatic N) is 1. The first kappa shape index (κ1) is 34.7. The number of hydrogen-bond donors (Lipinski definition) is 3. The maximum atomic E-state index is 14.6. The van der Waals surface area contributed by atoms with Crippen LogP contribution in [-0.2, 0) is 20.7 Å². The van der Waals surface area contributed by atoms with E-state index >= 15 is 0 Å². The molecular weight excluding hydrogens is 530 g/mol. The van der Waals surface area contributed by atoms with Gasteiger partial charge in [0.05, 0.1) is 0 Å². The number of alkyl carbamates (subject to hydrolysis) is 1. The van der Waals surface area contributed by atoms with E-state index in [0.29, 0.717) is 13.0 Å². The van der Waals surface area contributed by atoms with Gasteiger partial charge in [-0.3, -0.25) is 9.59 Å². The minimum Gasteiger partial charge on any atom is -0.508 e. The molecule has 0 saturated heterocycles. The van der Waals surface area contributed by atoms with Gasteiger partial charge in [-0.25, -0.2) is 4.79 Å². The number of nitrogens with one attached hydrogen (secondary N) is 2. The third kappa shape index (κ3) is 11.4. The molecule has 0 heterocycles. The average Bonchev–Trinajstić information content (AvgIpc) is 2.85. The van der Waals surface area contributed by atoms with Crippen molar-refractivity contribution in [3.05, 3.63) is 64.7 Å². The van der Waals surface area contributed by atoms with Crippen molar-refractivity contribution < 1.29 is 24.2 Å². The topological polar surface area (TPSA) is 108 Å². The zero-order chi connectivity index (χ0) is 31.7. The number of aryl methyl sites for hydroxylation is 2. The monoisotopic (exact) mass is 581 g/mol. The molecule has 0 aliphatic heterocycles. The highest BCUT2D eigenvalue weighted by Crippen LogP contribution is 2.28. The standard InChI is InChI=1S/C34H51N3O5/c1-10-11-12-13-20-37(29(30(39)36-33(4,5)6)27-19-14-23(2)21-24(27)3)31(40)28(35-32(41)42-34(7,8)9)22-25-15-17-26(38)18-16-25/h14-19,21,28-29,38H,10-13,20,22H2,1-9H3,(H,35,41)(H,36,39). The molecule has 2 aromatic carbocycles. The van der Waals surface area contributed by atoms with Gasteiger partial charge in [-0.2, -0.15) is 0 Å². The molecule has 2 unspecified atom stereocenters. The molecule has 0 aliphatic rings. The lowest BCUT2D eigenvalue weighted by atomic mass is 9.94. The molecule has 3 amide bonds. The Morgan fingerprint density at radius 2 is 1.57 bits per heavy atom. The van der Waals surface area contributed by atoms with Crippen molar-refractivity contribution >= 4 is 17.9 Å². The number of carbonyl (C=O) groups excluding carboxylic acids is 3. The van der Waals surface area contributed by atoms with Crippen LogP contribution < -0.4 is 10.6 Å². The molecule has 2 rings (SSSR count). The van der Waals surface area contributed by atoms with Crippen LogP contribution in [0, 0.1) is 13.8 Å². The summed E-state index contributed by atoms with van der Waals surface area (Å²) in [6, 6.07) is 10.5. The largest absolute Gasteiger partial charge is 0.508 e. The van der Waals surface area contributed by atoms with E-state index in [1.54, 1.807) is 49.9 Å². The maximum absolute atomic E-state index is 14.6. The highest BCUT2D eigenvalue weighted by Gasteiger charge is 2.37. The Labute approximate surface area is 252 Å². The summed E-state index contributed by atoms with van der Waals surface area (Å²) < 4.78 is 5.52. The van der Waals surface area contributed by atoms with Crippen molar-refractivity contribution in [3.63, 3.8) is 0 Å². The molecule has 0 bridgehead atoms. The van der Waals surface area contributed by atoms with Crippen LogP contribution >= 0.6 is 0 Å². The van der Waals surface area contributed by atoms with Crippen LogP contribution in [0.2, 0.25) is 0 Å². The summed E-state index contributed by atoms with van der Waals surface area (Å²) in [4.78, 5) is 43.2. The van der Waals surface area contributed by atoms with Gasteiger partial charge in [0.1, 0.15) is 23.4 Å². The number of hydrogen-bond acceptors (Lipinski definition) is 5. The normalized spacial score (nSPS) is 13.2. The molecule has 232 valence electrons. The molecule has 2 aromatic rings. The summed E-state index contributed by atoms with van der Waals surface area (Å²) >= 11 is 0. The molecule has 0 fully saturated rings. The Morgan fingerprint density at radius 1 is 0.929 bits per heavy atom. The molecule has 8 heteroatoms. The van der Waals surface area contributed by atoms with Gasteiger partial charge in [0.15, 0.2) is 0 Å². The van der Waals surface area contributed by atoms with E-state index in [1.165, 1.54) is 0 Å². The summed E-state index contributed by atoms with van der Waals surface area (Å²) in [6.45, 7) is 17.4. The number of phenols is 1. The highest BCUT2D eigenvalue weighted by molar-refractivity contribution is 5.92. The van der Waals surface area contributed by atoms with Crippen LogP contribution in [0.25, 0.3) is 0 Å². The van der Waals surface area contributed by atoms with Crippen LogP contribution in [-0.4, -0.2) is 51.6 Å². The van der Waals surface area contributed by atoms with Crippen LogP contribution in [0.1, 0.15) is 102 Å². The number of unbranched alkanes of at least 4 members (excludes halogenated alkanes) is 3. The Balaban J connectivity index is 2.63. The fourth-order valence-corrected chi connectivity index (χ4v) is 4.81. The van der Waals surface area contributed by atoms with Gasteiger partial charge in [-0.15, -0.1) is 0 Å². The predicted molar refractivity (Wildman–Crippen MR) is 167 cm³/mol. The van der Waals surface area contributed by atoms with Crippen molar-refractivity contribution in [2.24, 2.45) is 0 Å². The zero-order valence-electron chi connectivity index (χ0n) is 27.0. The van der Waals surface area contributed by atoms with Gasteiger partial charge in [0.25, 0.3) is 0 Å². The lowest BCUT2D eigenvalue weighted by Crippen LogP contribution is -2.55. The molecular formula is C34H51N3O5. The lowest BCUT2D eigenvalue weighted by molar-refractivity contribution is -0.143. The number of amides is 3. The second-order valence-corrected chi connectivity index (χ2v) is 13.2. The Morgan fingerprint density at radius 3 is 2.12 bits per heavy atom. The first-order chi connectivity index (χ1) is 19.5. The van der Waals surface area contributed by atoms with E-state index in [4.69, 9.17) is 4.74 Å². The van der Waals surface area contributed by atoms with Crippen molar-refractivity contribution in [2.45, 2.75) is 118 Å². The van der Waals surface area contributed by atoms with Crippen molar-refractivity contribution in [2.75, 3.05) is 6.54 Å². The molecule has 0 aliphatic carbocycles. The minimum atomic E-state index is -1.01. The lowest BCUT2D eigenvalue weighted by Gasteiger charge is -2.36. The quantitative estimate of drug-likeness (QED) is 0.248. The number of phenolic OH excluding ortho intramolecular Hbond substituents is 1. The molecule has 0 saturated carbocycles. The van der Waals surface area contributed by atoms with Gasteiger partial charge >= 0.3 is 6.09 Å².